The quantitative estimate of drug-likeness (QED) is 0.445. The Balaban J connectivity index is 1.42. The van der Waals surface area contributed by atoms with Gasteiger partial charge < -0.3 is 9.88 Å². The summed E-state index contributed by atoms with van der Waals surface area (Å²) in [7, 11) is 0. The molecule has 1 aliphatic rings. The molecule has 4 nitrogen and oxygen atoms in total. The molecule has 1 fully saturated rings. The van der Waals surface area contributed by atoms with Crippen LogP contribution < -0.4 is 5.32 Å². The number of aryl methyl sites for hydroxylation is 2. The molecular formula is C25H39N3O. The lowest BCUT2D eigenvalue weighted by molar-refractivity contribution is -0.125. The lowest BCUT2D eigenvalue weighted by Crippen LogP contribution is -2.32. The second kappa shape index (κ2) is 12.0. The van der Waals surface area contributed by atoms with E-state index in [0.717, 1.165) is 57.1 Å². The minimum Gasteiger partial charge on any atom is -0.356 e. The van der Waals surface area contributed by atoms with Crippen LogP contribution >= 0.6 is 0 Å². The standard InChI is InChI=1S/C25H39N3O/c1-2-3-4-13-20-28-23-17-11-10-16-22(23)27-24(28)18-9-6-12-19-26-25(29)21-14-7-5-8-15-21/h10-11,16-17,21H,2-9,12-15,18-20H2,1H3,(H,26,29). The maximum Gasteiger partial charge on any atom is 0.223 e. The molecule has 1 aromatic heterocycles. The highest BCUT2D eigenvalue weighted by atomic mass is 16.1. The lowest BCUT2D eigenvalue weighted by atomic mass is 9.89. The third-order valence-corrected chi connectivity index (χ3v) is 6.32. The molecule has 4 heteroatoms. The SMILES string of the molecule is CCCCCCn1c(CCCCCNC(=O)C2CCCCC2)nc2ccccc21. The Kier molecular flexibility index (Phi) is 9.04. The van der Waals surface area contributed by atoms with Crippen LogP contribution in [0.1, 0.15) is 89.8 Å². The maximum absolute atomic E-state index is 12.2. The summed E-state index contributed by atoms with van der Waals surface area (Å²) in [5.74, 6) is 1.80. The van der Waals surface area contributed by atoms with Crippen molar-refractivity contribution >= 4 is 16.9 Å². The average Bonchev–Trinajstić information content (AvgIpc) is 3.11. The van der Waals surface area contributed by atoms with E-state index >= 15 is 0 Å². The predicted molar refractivity (Wildman–Crippen MR) is 121 cm³/mol. The molecular weight excluding hydrogens is 358 g/mol. The fourth-order valence-electron chi connectivity index (χ4n) is 4.57. The number of hydrogen-bond donors (Lipinski definition) is 1. The van der Waals surface area contributed by atoms with E-state index in [1.165, 1.54) is 56.3 Å². The van der Waals surface area contributed by atoms with Crippen LogP contribution in [0.15, 0.2) is 24.3 Å². The number of carbonyl (C=O) groups is 1. The van der Waals surface area contributed by atoms with E-state index in [0.29, 0.717) is 5.91 Å². The van der Waals surface area contributed by atoms with Crippen molar-refractivity contribution in [3.8, 4) is 0 Å². The number of carbonyl (C=O) groups excluding carboxylic acids is 1. The molecule has 3 rings (SSSR count). The zero-order valence-corrected chi connectivity index (χ0v) is 18.3. The van der Waals surface area contributed by atoms with Gasteiger partial charge in [0.15, 0.2) is 0 Å². The van der Waals surface area contributed by atoms with Gasteiger partial charge in [0, 0.05) is 25.4 Å². The number of rotatable bonds is 12. The fraction of sp³-hybridized carbons (Fsp3) is 0.680. The predicted octanol–water partition coefficient (Wildman–Crippen LogP) is 6.03. The van der Waals surface area contributed by atoms with Crippen LogP contribution in [0.5, 0.6) is 0 Å². The first kappa shape index (κ1) is 21.9. The largest absolute Gasteiger partial charge is 0.356 e. The molecule has 0 radical (unpaired) electrons. The van der Waals surface area contributed by atoms with Gasteiger partial charge >= 0.3 is 0 Å². The number of fused-ring (bicyclic) bond motifs is 1. The van der Waals surface area contributed by atoms with Crippen LogP contribution in [0.2, 0.25) is 0 Å². The molecule has 0 aliphatic heterocycles. The Morgan fingerprint density at radius 1 is 1.03 bits per heavy atom. The number of imidazole rings is 1. The van der Waals surface area contributed by atoms with Gasteiger partial charge in [0.2, 0.25) is 5.91 Å². The van der Waals surface area contributed by atoms with Crippen LogP contribution in [0, 0.1) is 5.92 Å². The Hall–Kier alpha value is -1.84. The molecule has 0 bridgehead atoms. The van der Waals surface area contributed by atoms with Crippen molar-refractivity contribution in [2.24, 2.45) is 5.92 Å². The van der Waals surface area contributed by atoms with Gasteiger partial charge in [-0.15, -0.1) is 0 Å². The topological polar surface area (TPSA) is 46.9 Å². The third kappa shape index (κ3) is 6.58. The van der Waals surface area contributed by atoms with Crippen molar-refractivity contribution in [1.29, 1.82) is 0 Å². The van der Waals surface area contributed by atoms with Crippen LogP contribution in [0.4, 0.5) is 0 Å². The normalized spacial score (nSPS) is 15.1. The van der Waals surface area contributed by atoms with E-state index in [-0.39, 0.29) is 5.92 Å². The van der Waals surface area contributed by atoms with E-state index in [1.807, 2.05) is 0 Å². The first-order valence-corrected chi connectivity index (χ1v) is 12.0. The zero-order chi connectivity index (χ0) is 20.3. The van der Waals surface area contributed by atoms with Gasteiger partial charge in [-0.3, -0.25) is 4.79 Å². The summed E-state index contributed by atoms with van der Waals surface area (Å²) in [5.41, 5.74) is 2.40. The molecule has 160 valence electrons. The Labute approximate surface area is 176 Å². The van der Waals surface area contributed by atoms with Crippen molar-refractivity contribution in [3.05, 3.63) is 30.1 Å². The van der Waals surface area contributed by atoms with Gasteiger partial charge in [-0.05, 0) is 44.2 Å². The summed E-state index contributed by atoms with van der Waals surface area (Å²) in [6.45, 7) is 4.16. The van der Waals surface area contributed by atoms with E-state index < -0.39 is 0 Å². The van der Waals surface area contributed by atoms with Gasteiger partial charge in [-0.25, -0.2) is 4.98 Å². The molecule has 0 saturated heterocycles. The number of hydrogen-bond acceptors (Lipinski definition) is 2. The fourth-order valence-corrected chi connectivity index (χ4v) is 4.57. The second-order valence-electron chi connectivity index (χ2n) is 8.67. The highest BCUT2D eigenvalue weighted by Gasteiger charge is 2.20. The molecule has 2 aromatic rings. The van der Waals surface area contributed by atoms with E-state index in [4.69, 9.17) is 4.98 Å². The molecule has 1 N–H and O–H groups in total. The number of para-hydroxylation sites is 2. The first-order chi connectivity index (χ1) is 14.3. The van der Waals surface area contributed by atoms with Gasteiger partial charge in [-0.2, -0.15) is 0 Å². The van der Waals surface area contributed by atoms with E-state index in [2.05, 4.69) is 41.1 Å². The van der Waals surface area contributed by atoms with Crippen molar-refractivity contribution in [1.82, 2.24) is 14.9 Å². The van der Waals surface area contributed by atoms with Gasteiger partial charge in [0.1, 0.15) is 5.82 Å². The number of nitrogens with one attached hydrogen (secondary N) is 1. The van der Waals surface area contributed by atoms with Gasteiger partial charge in [-0.1, -0.05) is 64.0 Å². The van der Waals surface area contributed by atoms with Gasteiger partial charge in [0.05, 0.1) is 11.0 Å². The summed E-state index contributed by atoms with van der Waals surface area (Å²) in [5, 5.41) is 3.16. The Morgan fingerprint density at radius 2 is 1.83 bits per heavy atom. The first-order valence-electron chi connectivity index (χ1n) is 12.0. The van der Waals surface area contributed by atoms with Crippen molar-refractivity contribution in [2.75, 3.05) is 6.54 Å². The smallest absolute Gasteiger partial charge is 0.223 e. The van der Waals surface area contributed by atoms with Gasteiger partial charge in [0.25, 0.3) is 0 Å². The molecule has 0 spiro atoms. The lowest BCUT2D eigenvalue weighted by Gasteiger charge is -2.20. The van der Waals surface area contributed by atoms with Crippen molar-refractivity contribution in [2.45, 2.75) is 96.9 Å². The minimum absolute atomic E-state index is 0.274. The average molecular weight is 398 g/mol. The summed E-state index contributed by atoms with van der Waals surface area (Å²) in [6, 6.07) is 8.52. The number of benzene rings is 1. The summed E-state index contributed by atoms with van der Waals surface area (Å²) >= 11 is 0. The third-order valence-electron chi connectivity index (χ3n) is 6.32. The summed E-state index contributed by atoms with van der Waals surface area (Å²) in [4.78, 5) is 17.1. The minimum atomic E-state index is 0.274. The number of aromatic nitrogens is 2. The van der Waals surface area contributed by atoms with Crippen molar-refractivity contribution < 1.29 is 4.79 Å². The maximum atomic E-state index is 12.2. The number of nitrogens with zero attached hydrogens (tertiary/aromatic N) is 2. The highest BCUT2D eigenvalue weighted by molar-refractivity contribution is 5.78. The Morgan fingerprint density at radius 3 is 2.66 bits per heavy atom. The molecule has 1 saturated carbocycles. The summed E-state index contributed by atoms with van der Waals surface area (Å²) < 4.78 is 2.44. The van der Waals surface area contributed by atoms with E-state index in [1.54, 1.807) is 0 Å². The molecule has 1 aliphatic carbocycles. The van der Waals surface area contributed by atoms with Crippen LogP contribution in [-0.4, -0.2) is 22.0 Å². The molecule has 1 amide bonds. The second-order valence-corrected chi connectivity index (χ2v) is 8.67. The summed E-state index contributed by atoms with van der Waals surface area (Å²) in [6.07, 6.45) is 15.4. The van der Waals surface area contributed by atoms with Crippen molar-refractivity contribution in [3.63, 3.8) is 0 Å². The molecule has 1 aromatic carbocycles. The van der Waals surface area contributed by atoms with Crippen LogP contribution in [0.25, 0.3) is 11.0 Å². The molecule has 29 heavy (non-hydrogen) atoms. The zero-order valence-electron chi connectivity index (χ0n) is 18.3. The number of unbranched alkanes of at least 4 members (excludes halogenated alkanes) is 5. The van der Waals surface area contributed by atoms with Crippen LogP contribution in [-0.2, 0) is 17.8 Å². The molecule has 0 atom stereocenters. The molecule has 0 unspecified atom stereocenters. The van der Waals surface area contributed by atoms with E-state index in [9.17, 15) is 4.79 Å². The number of amides is 1. The Bertz CT molecular complexity index is 746. The highest BCUT2D eigenvalue weighted by Crippen LogP contribution is 2.23. The monoisotopic (exact) mass is 397 g/mol. The van der Waals surface area contributed by atoms with Crippen LogP contribution in [0.3, 0.4) is 0 Å². The molecule has 1 heterocycles.